The molecule has 1 unspecified atom stereocenters. The summed E-state index contributed by atoms with van der Waals surface area (Å²) in [6.45, 7) is 0. The maximum Gasteiger partial charge on any atom is 0.0130 e. The Balaban J connectivity index is 1.92. The number of nitrogens with two attached hydrogens (primary N) is 1. The van der Waals surface area contributed by atoms with Gasteiger partial charge < -0.3 is 5.73 Å². The first-order chi connectivity index (χ1) is 7.74. The first-order valence-corrected chi connectivity index (χ1v) is 7.22. The summed E-state index contributed by atoms with van der Waals surface area (Å²) in [6, 6.07) is 13.0. The van der Waals surface area contributed by atoms with Crippen LogP contribution in [0.25, 0.3) is 0 Å². The third-order valence-corrected chi connectivity index (χ3v) is 4.07. The lowest BCUT2D eigenvalue weighted by atomic mass is 10.0. The Labute approximate surface area is 114 Å². The molecule has 0 radical (unpaired) electrons. The molecule has 1 nitrogen and oxygen atoms in total. The van der Waals surface area contributed by atoms with Crippen LogP contribution in [0.2, 0.25) is 0 Å². The predicted octanol–water partition coefficient (Wildman–Crippen LogP) is 3.47. The molecular weight excluding hydrogens is 329 g/mol. The summed E-state index contributed by atoms with van der Waals surface area (Å²) in [4.78, 5) is 1.37. The molecule has 1 heterocycles. The van der Waals surface area contributed by atoms with Crippen LogP contribution >= 0.6 is 33.9 Å². The van der Waals surface area contributed by atoms with E-state index in [4.69, 9.17) is 5.73 Å². The molecule has 0 fully saturated rings. The van der Waals surface area contributed by atoms with Crippen molar-refractivity contribution in [2.75, 3.05) is 0 Å². The SMILES string of the molecule is NC(Cc1ccc(I)cc1)Cc1cccs1. The Morgan fingerprint density at radius 2 is 1.88 bits per heavy atom. The molecule has 2 aromatic rings. The van der Waals surface area contributed by atoms with Gasteiger partial charge in [0.2, 0.25) is 0 Å². The van der Waals surface area contributed by atoms with Crippen molar-refractivity contribution in [1.82, 2.24) is 0 Å². The normalized spacial score (nSPS) is 12.6. The van der Waals surface area contributed by atoms with Crippen LogP contribution in [-0.2, 0) is 12.8 Å². The zero-order chi connectivity index (χ0) is 11.4. The summed E-state index contributed by atoms with van der Waals surface area (Å²) in [5.74, 6) is 0. The minimum absolute atomic E-state index is 0.221. The van der Waals surface area contributed by atoms with Gasteiger partial charge in [-0.25, -0.2) is 0 Å². The lowest BCUT2D eigenvalue weighted by Crippen LogP contribution is -2.25. The van der Waals surface area contributed by atoms with E-state index in [1.807, 2.05) is 0 Å². The molecule has 0 aliphatic heterocycles. The highest BCUT2D eigenvalue weighted by Gasteiger charge is 2.06. The van der Waals surface area contributed by atoms with E-state index in [1.54, 1.807) is 11.3 Å². The zero-order valence-corrected chi connectivity index (χ0v) is 11.9. The van der Waals surface area contributed by atoms with E-state index < -0.39 is 0 Å². The van der Waals surface area contributed by atoms with Gasteiger partial charge in [-0.2, -0.15) is 0 Å². The van der Waals surface area contributed by atoms with E-state index in [0.717, 1.165) is 12.8 Å². The Hall–Kier alpha value is -0.390. The highest BCUT2D eigenvalue weighted by Crippen LogP contribution is 2.13. The molecule has 0 bridgehead atoms. The number of benzene rings is 1. The van der Waals surface area contributed by atoms with Gasteiger partial charge in [0, 0.05) is 14.5 Å². The molecule has 0 saturated carbocycles. The van der Waals surface area contributed by atoms with E-state index in [2.05, 4.69) is 64.4 Å². The standard InChI is InChI=1S/C13H14INS/c14-11-5-3-10(4-6-11)8-12(15)9-13-2-1-7-16-13/h1-7,12H,8-9,15H2. The highest BCUT2D eigenvalue weighted by atomic mass is 127. The van der Waals surface area contributed by atoms with Gasteiger partial charge in [0.1, 0.15) is 0 Å². The summed E-state index contributed by atoms with van der Waals surface area (Å²) < 4.78 is 1.27. The summed E-state index contributed by atoms with van der Waals surface area (Å²) in [5.41, 5.74) is 7.46. The van der Waals surface area contributed by atoms with Crippen molar-refractivity contribution in [2.24, 2.45) is 5.73 Å². The summed E-state index contributed by atoms with van der Waals surface area (Å²) in [5, 5.41) is 2.10. The van der Waals surface area contributed by atoms with Crippen molar-refractivity contribution >= 4 is 33.9 Å². The van der Waals surface area contributed by atoms with Crippen LogP contribution in [0.4, 0.5) is 0 Å². The van der Waals surface area contributed by atoms with Gasteiger partial charge in [-0.3, -0.25) is 0 Å². The van der Waals surface area contributed by atoms with Crippen molar-refractivity contribution in [3.05, 3.63) is 55.8 Å². The van der Waals surface area contributed by atoms with Crippen LogP contribution in [0.1, 0.15) is 10.4 Å². The highest BCUT2D eigenvalue weighted by molar-refractivity contribution is 14.1. The van der Waals surface area contributed by atoms with Gasteiger partial charge in [-0.1, -0.05) is 18.2 Å². The topological polar surface area (TPSA) is 26.0 Å². The second-order valence-electron chi connectivity index (χ2n) is 3.87. The fraction of sp³-hybridized carbons (Fsp3) is 0.231. The van der Waals surface area contributed by atoms with Crippen molar-refractivity contribution < 1.29 is 0 Å². The van der Waals surface area contributed by atoms with Gasteiger partial charge >= 0.3 is 0 Å². The first kappa shape index (κ1) is 12.1. The summed E-state index contributed by atoms with van der Waals surface area (Å²) >= 11 is 4.10. The average Bonchev–Trinajstić information content (AvgIpc) is 2.74. The smallest absolute Gasteiger partial charge is 0.0130 e. The molecule has 16 heavy (non-hydrogen) atoms. The van der Waals surface area contributed by atoms with E-state index in [1.165, 1.54) is 14.0 Å². The van der Waals surface area contributed by atoms with Gasteiger partial charge in [0.05, 0.1) is 0 Å². The van der Waals surface area contributed by atoms with Crippen LogP contribution in [0.5, 0.6) is 0 Å². The van der Waals surface area contributed by atoms with Gasteiger partial charge in [-0.05, 0) is 64.6 Å². The van der Waals surface area contributed by atoms with Crippen LogP contribution in [0, 0.1) is 3.57 Å². The van der Waals surface area contributed by atoms with Crippen molar-refractivity contribution in [2.45, 2.75) is 18.9 Å². The maximum absolute atomic E-state index is 6.14. The van der Waals surface area contributed by atoms with Crippen LogP contribution < -0.4 is 5.73 Å². The van der Waals surface area contributed by atoms with Gasteiger partial charge in [0.25, 0.3) is 0 Å². The van der Waals surface area contributed by atoms with Crippen LogP contribution in [0.3, 0.4) is 0 Å². The summed E-state index contributed by atoms with van der Waals surface area (Å²) in [7, 11) is 0. The van der Waals surface area contributed by atoms with E-state index in [0.29, 0.717) is 0 Å². The third kappa shape index (κ3) is 3.57. The molecule has 2 rings (SSSR count). The molecule has 0 spiro atoms. The molecule has 0 saturated heterocycles. The lowest BCUT2D eigenvalue weighted by molar-refractivity contribution is 0.671. The molecule has 0 aliphatic carbocycles. The van der Waals surface area contributed by atoms with E-state index >= 15 is 0 Å². The fourth-order valence-electron chi connectivity index (χ4n) is 1.68. The third-order valence-electron chi connectivity index (χ3n) is 2.45. The minimum atomic E-state index is 0.221. The van der Waals surface area contributed by atoms with Gasteiger partial charge in [-0.15, -0.1) is 11.3 Å². The monoisotopic (exact) mass is 343 g/mol. The molecular formula is C13H14INS. The molecule has 0 amide bonds. The van der Waals surface area contributed by atoms with E-state index in [9.17, 15) is 0 Å². The zero-order valence-electron chi connectivity index (χ0n) is 8.90. The average molecular weight is 343 g/mol. The first-order valence-electron chi connectivity index (χ1n) is 5.26. The molecule has 1 aromatic carbocycles. The Kier molecular flexibility index (Phi) is 4.37. The summed E-state index contributed by atoms with van der Waals surface area (Å²) in [6.07, 6.45) is 1.93. The largest absolute Gasteiger partial charge is 0.327 e. The van der Waals surface area contributed by atoms with Crippen molar-refractivity contribution in [3.8, 4) is 0 Å². The fourth-order valence-corrected chi connectivity index (χ4v) is 2.84. The number of halogens is 1. The number of hydrogen-bond acceptors (Lipinski definition) is 2. The predicted molar refractivity (Wildman–Crippen MR) is 78.9 cm³/mol. The van der Waals surface area contributed by atoms with Crippen molar-refractivity contribution in [1.29, 1.82) is 0 Å². The van der Waals surface area contributed by atoms with E-state index in [-0.39, 0.29) is 6.04 Å². The maximum atomic E-state index is 6.14. The molecule has 0 aliphatic rings. The Morgan fingerprint density at radius 3 is 2.50 bits per heavy atom. The molecule has 84 valence electrons. The second kappa shape index (κ2) is 5.80. The molecule has 1 aromatic heterocycles. The number of rotatable bonds is 4. The van der Waals surface area contributed by atoms with Gasteiger partial charge in [0.15, 0.2) is 0 Å². The quantitative estimate of drug-likeness (QED) is 0.846. The van der Waals surface area contributed by atoms with Crippen molar-refractivity contribution in [3.63, 3.8) is 0 Å². The molecule has 3 heteroatoms. The number of thiophene rings is 1. The molecule has 1 atom stereocenters. The molecule has 2 N–H and O–H groups in total. The second-order valence-corrected chi connectivity index (χ2v) is 6.15. The van der Waals surface area contributed by atoms with Crippen LogP contribution in [-0.4, -0.2) is 6.04 Å². The number of hydrogen-bond donors (Lipinski definition) is 1. The minimum Gasteiger partial charge on any atom is -0.327 e. The van der Waals surface area contributed by atoms with Crippen LogP contribution in [0.15, 0.2) is 41.8 Å². The lowest BCUT2D eigenvalue weighted by Gasteiger charge is -2.10. The Bertz CT molecular complexity index is 422. The Morgan fingerprint density at radius 1 is 1.12 bits per heavy atom.